The molecule has 0 radical (unpaired) electrons. The molecule has 0 saturated heterocycles. The first-order chi connectivity index (χ1) is 32.9. The normalized spacial score (nSPS) is 12.0. The SMILES string of the molecule is CCC[I-]N.CCNS(=O)(=O)c1ccc(CC(=O)[C@H](Cc2ccccc2)NC(=O)c2ccc(F)cc2)nc1.O=C(N[C@@H](Cc1ccccc1)C(=O)Cc1ccc(S(=O)(=O)Cl)cn1)c1ccc(F)cc1. The topological polar surface area (TPSA) is 224 Å². The van der Waals surface area contributed by atoms with Crippen LogP contribution in [0.5, 0.6) is 0 Å². The average molecular weight is 1120 g/mol. The van der Waals surface area contributed by atoms with Gasteiger partial charge in [-0.05, 0) is 96.8 Å². The number of nitrogens with one attached hydrogen (secondary N) is 3. The summed E-state index contributed by atoms with van der Waals surface area (Å²) in [6.45, 7) is 4.08. The third kappa shape index (κ3) is 19.2. The Balaban J connectivity index is 0.000000274. The van der Waals surface area contributed by atoms with Crippen LogP contribution >= 0.6 is 10.7 Å². The predicted octanol–water partition coefficient (Wildman–Crippen LogP) is 3.33. The quantitative estimate of drug-likeness (QED) is 0.0376. The maximum absolute atomic E-state index is 13.2. The van der Waals surface area contributed by atoms with Crippen LogP contribution < -0.4 is 40.8 Å². The second kappa shape index (κ2) is 28.0. The van der Waals surface area contributed by atoms with Crippen molar-refractivity contribution in [3.63, 3.8) is 0 Å². The Morgan fingerprint density at radius 1 is 0.609 bits per heavy atom. The van der Waals surface area contributed by atoms with Crippen molar-refractivity contribution in [2.45, 2.75) is 67.8 Å². The van der Waals surface area contributed by atoms with E-state index >= 15 is 0 Å². The number of carbonyl (C=O) groups excluding carboxylic acids is 4. The summed E-state index contributed by atoms with van der Waals surface area (Å²) in [6.07, 6.45) is 3.84. The Bertz CT molecular complexity index is 2820. The number of sulfonamides is 1. The van der Waals surface area contributed by atoms with Crippen molar-refractivity contribution in [2.24, 2.45) is 3.95 Å². The van der Waals surface area contributed by atoms with Gasteiger partial charge < -0.3 is 10.6 Å². The maximum Gasteiger partial charge on any atom is 0.262 e. The van der Waals surface area contributed by atoms with E-state index in [0.29, 0.717) is 11.4 Å². The van der Waals surface area contributed by atoms with E-state index in [4.69, 9.17) is 14.6 Å². The summed E-state index contributed by atoms with van der Waals surface area (Å²) in [5.41, 5.74) is 2.88. The molecule has 20 heteroatoms. The van der Waals surface area contributed by atoms with E-state index in [1.54, 1.807) is 6.92 Å². The van der Waals surface area contributed by atoms with Crippen LogP contribution in [-0.2, 0) is 54.3 Å². The number of hydrogen-bond donors (Lipinski definition) is 4. The monoisotopic (exact) mass is 1120 g/mol. The molecule has 0 bridgehead atoms. The summed E-state index contributed by atoms with van der Waals surface area (Å²) in [5.74, 6) is -2.54. The largest absolute Gasteiger partial charge is 0.342 e. The minimum atomic E-state index is -3.91. The number of carbonyl (C=O) groups is 4. The molecule has 6 rings (SSSR count). The zero-order valence-electron chi connectivity index (χ0n) is 37.5. The Kier molecular flexibility index (Phi) is 22.6. The van der Waals surface area contributed by atoms with Crippen LogP contribution in [0.4, 0.5) is 8.78 Å². The molecule has 0 aliphatic heterocycles. The van der Waals surface area contributed by atoms with E-state index in [0.717, 1.165) is 17.3 Å². The summed E-state index contributed by atoms with van der Waals surface area (Å²) in [5, 5.41) is 5.43. The second-order valence-corrected chi connectivity index (χ2v) is 21.3. The number of aromatic nitrogens is 2. The van der Waals surface area contributed by atoms with Crippen molar-refractivity contribution in [3.8, 4) is 0 Å². The molecule has 0 spiro atoms. The molecule has 0 saturated carbocycles. The number of halogens is 4. The number of alkyl halides is 1. The van der Waals surface area contributed by atoms with Crippen LogP contribution in [0.25, 0.3) is 0 Å². The van der Waals surface area contributed by atoms with Crippen molar-refractivity contribution in [3.05, 3.63) is 191 Å². The standard InChI is InChI=1S/C24H24FN3O4S.C22H18ClFN2O4S.C3H9IN/c1-2-27-33(31,32)21-13-12-20(26-16-21)15-23(29)22(14-17-6-4-3-5-7-17)28-24(30)18-8-10-19(25)11-9-18;23-31(29,30)19-11-10-18(25-14-19)13-21(27)20(12-15-4-2-1-3-5-15)26-22(28)16-6-8-17(24)9-7-16;1-2-3-4-5/h3-13,16,22,27H,2,14-15H2,1H3,(H,28,30);1-11,14,20H,12-13H2,(H,26,28);2-3,5H2,1H3/q;;-1/t22-;20-;/m00./s1. The van der Waals surface area contributed by atoms with E-state index in [2.05, 4.69) is 32.2 Å². The zero-order chi connectivity index (χ0) is 50.4. The minimum Gasteiger partial charge on any atom is -0.342 e. The van der Waals surface area contributed by atoms with E-state index in [-0.39, 0.29) is 86.2 Å². The summed E-state index contributed by atoms with van der Waals surface area (Å²) in [7, 11) is -2.28. The van der Waals surface area contributed by atoms with Crippen LogP contribution in [0.2, 0.25) is 0 Å². The van der Waals surface area contributed by atoms with Crippen molar-refractivity contribution in [1.82, 2.24) is 25.3 Å². The zero-order valence-corrected chi connectivity index (χ0v) is 42.1. The number of pyridine rings is 2. The van der Waals surface area contributed by atoms with Gasteiger partial charge in [-0.25, -0.2) is 30.3 Å². The fraction of sp³-hybridized carbons (Fsp3) is 0.224. The number of Topliss-reactive ketones (excluding diaryl/α,β-unsaturated/α-hetero) is 2. The first-order valence-electron chi connectivity index (χ1n) is 21.3. The first-order valence-corrected chi connectivity index (χ1v) is 27.9. The number of ketones is 2. The molecule has 0 unspecified atom stereocenters. The van der Waals surface area contributed by atoms with Crippen molar-refractivity contribution < 1.29 is 66.3 Å². The van der Waals surface area contributed by atoms with Gasteiger partial charge >= 0.3 is 43.2 Å². The van der Waals surface area contributed by atoms with Gasteiger partial charge in [-0.1, -0.05) is 67.6 Å². The van der Waals surface area contributed by atoms with Gasteiger partial charge in [0.25, 0.3) is 20.9 Å². The van der Waals surface area contributed by atoms with Gasteiger partial charge in [0, 0.05) is 52.1 Å². The van der Waals surface area contributed by atoms with E-state index in [1.165, 1.54) is 89.8 Å². The Labute approximate surface area is 416 Å². The third-order valence-electron chi connectivity index (χ3n) is 9.70. The van der Waals surface area contributed by atoms with Gasteiger partial charge in [0.1, 0.15) is 21.4 Å². The molecule has 0 aliphatic rings. The van der Waals surface area contributed by atoms with Gasteiger partial charge in [0.2, 0.25) is 10.0 Å². The summed E-state index contributed by atoms with van der Waals surface area (Å²) in [4.78, 5) is 59.2. The molecular formula is C49H51ClF2IN6O8S2-. The number of benzene rings is 4. The van der Waals surface area contributed by atoms with Crippen LogP contribution in [0.1, 0.15) is 63.5 Å². The molecule has 4 aromatic carbocycles. The number of amides is 2. The Morgan fingerprint density at radius 3 is 1.33 bits per heavy atom. The van der Waals surface area contributed by atoms with Gasteiger partial charge in [-0.3, -0.25) is 29.1 Å². The fourth-order valence-electron chi connectivity index (χ4n) is 6.20. The molecule has 0 aliphatic carbocycles. The summed E-state index contributed by atoms with van der Waals surface area (Å²) >= 11 is 0.107. The Hall–Kier alpha value is -5.84. The molecule has 0 fully saturated rings. The van der Waals surface area contributed by atoms with Crippen molar-refractivity contribution >= 4 is 53.1 Å². The molecular weight excluding hydrogens is 1070 g/mol. The molecule has 366 valence electrons. The van der Waals surface area contributed by atoms with Crippen molar-refractivity contribution in [1.29, 1.82) is 0 Å². The summed E-state index contributed by atoms with van der Waals surface area (Å²) < 4.78 is 82.0. The fourth-order valence-corrected chi connectivity index (χ4v) is 8.49. The second-order valence-electron chi connectivity index (χ2n) is 15.0. The van der Waals surface area contributed by atoms with Crippen LogP contribution in [0, 0.1) is 11.6 Å². The average Bonchev–Trinajstić information content (AvgIpc) is 3.33. The third-order valence-corrected chi connectivity index (χ3v) is 14.3. The minimum absolute atomic E-state index is 0.00555. The number of hydrogen-bond acceptors (Lipinski definition) is 11. The van der Waals surface area contributed by atoms with E-state index in [9.17, 15) is 44.8 Å². The van der Waals surface area contributed by atoms with E-state index < -0.39 is 54.6 Å². The Morgan fingerprint density at radius 2 is 1.01 bits per heavy atom. The molecule has 14 nitrogen and oxygen atoms in total. The number of nitrogens with zero attached hydrogens (tertiary/aromatic N) is 2. The van der Waals surface area contributed by atoms with E-state index in [1.807, 2.05) is 60.7 Å². The number of rotatable bonds is 20. The summed E-state index contributed by atoms with van der Waals surface area (Å²) in [6, 6.07) is 32.2. The molecule has 2 atom stereocenters. The van der Waals surface area contributed by atoms with Gasteiger partial charge in [-0.15, -0.1) is 0 Å². The predicted molar refractivity (Wildman–Crippen MR) is 255 cm³/mol. The maximum atomic E-state index is 13.2. The van der Waals surface area contributed by atoms with Crippen molar-refractivity contribution in [2.75, 3.05) is 11.0 Å². The molecule has 2 heterocycles. The van der Waals surface area contributed by atoms with Crippen LogP contribution in [0.3, 0.4) is 0 Å². The smallest absolute Gasteiger partial charge is 0.262 e. The van der Waals surface area contributed by atoms with Gasteiger partial charge in [0.15, 0.2) is 11.6 Å². The van der Waals surface area contributed by atoms with Crippen LogP contribution in [-0.4, -0.2) is 73.2 Å². The molecule has 2 aromatic heterocycles. The molecule has 5 N–H and O–H groups in total. The first kappa shape index (κ1) is 55.8. The molecule has 2 amide bonds. The number of nitrogens with two attached hydrogens (primary N) is 1. The van der Waals surface area contributed by atoms with Gasteiger partial charge in [-0.2, -0.15) is 0 Å². The van der Waals surface area contributed by atoms with Crippen LogP contribution in [0.15, 0.2) is 156 Å². The molecule has 6 aromatic rings. The van der Waals surface area contributed by atoms with Gasteiger partial charge in [0.05, 0.1) is 24.9 Å². The molecule has 69 heavy (non-hydrogen) atoms.